The molecule has 0 bridgehead atoms. The first-order valence-electron chi connectivity index (χ1n) is 6.15. The van der Waals surface area contributed by atoms with E-state index in [2.05, 4.69) is 44.3 Å². The van der Waals surface area contributed by atoms with E-state index in [9.17, 15) is 0 Å². The van der Waals surface area contributed by atoms with Gasteiger partial charge in [0.1, 0.15) is 0 Å². The Kier molecular flexibility index (Phi) is 6.58. The van der Waals surface area contributed by atoms with Gasteiger partial charge in [-0.05, 0) is 38.4 Å². The molecule has 16 heavy (non-hydrogen) atoms. The molecule has 0 fully saturated rings. The third-order valence-corrected chi connectivity index (χ3v) is 3.75. The largest absolute Gasteiger partial charge is 0.316 e. The molecule has 0 spiro atoms. The maximum atomic E-state index is 3.47. The zero-order chi connectivity index (χ0) is 11.8. The molecule has 0 saturated heterocycles. The predicted octanol–water partition coefficient (Wildman–Crippen LogP) is 3.79. The van der Waals surface area contributed by atoms with Gasteiger partial charge in [0.15, 0.2) is 0 Å². The van der Waals surface area contributed by atoms with Crippen molar-refractivity contribution in [2.75, 3.05) is 18.8 Å². The molecule has 0 saturated carbocycles. The van der Waals surface area contributed by atoms with Crippen LogP contribution in [0.25, 0.3) is 0 Å². The van der Waals surface area contributed by atoms with Crippen molar-refractivity contribution in [3.05, 3.63) is 29.3 Å². The summed E-state index contributed by atoms with van der Waals surface area (Å²) >= 11 is 1.96. The highest BCUT2D eigenvalue weighted by atomic mass is 32.2. The molecule has 0 heterocycles. The average molecular weight is 237 g/mol. The Hall–Kier alpha value is -0.470. The number of hydrogen-bond donors (Lipinski definition) is 1. The molecule has 0 aliphatic rings. The van der Waals surface area contributed by atoms with Crippen LogP contribution in [0.1, 0.15) is 30.9 Å². The van der Waals surface area contributed by atoms with Crippen LogP contribution in [0.15, 0.2) is 23.1 Å². The Bertz CT molecular complexity index is 310. The Balaban J connectivity index is 2.23. The van der Waals surface area contributed by atoms with E-state index in [1.165, 1.54) is 28.9 Å². The molecule has 0 unspecified atom stereocenters. The fourth-order valence-corrected chi connectivity index (χ4v) is 2.55. The van der Waals surface area contributed by atoms with E-state index in [0.717, 1.165) is 18.8 Å². The summed E-state index contributed by atoms with van der Waals surface area (Å²) in [5.74, 6) is 1.16. The lowest BCUT2D eigenvalue weighted by Gasteiger charge is -2.07. The molecule has 1 aromatic rings. The van der Waals surface area contributed by atoms with Gasteiger partial charge in [0.05, 0.1) is 0 Å². The minimum Gasteiger partial charge on any atom is -0.316 e. The third-order valence-electron chi connectivity index (χ3n) is 2.59. The molecular weight excluding hydrogens is 214 g/mol. The second-order valence-corrected chi connectivity index (χ2v) is 5.36. The summed E-state index contributed by atoms with van der Waals surface area (Å²) in [6.07, 6.45) is 2.56. The van der Waals surface area contributed by atoms with E-state index in [1.807, 2.05) is 11.8 Å². The molecule has 1 nitrogen and oxygen atoms in total. The quantitative estimate of drug-likeness (QED) is 0.572. The fraction of sp³-hybridized carbons (Fsp3) is 0.571. The van der Waals surface area contributed by atoms with Gasteiger partial charge in [-0.1, -0.05) is 31.0 Å². The summed E-state index contributed by atoms with van der Waals surface area (Å²) in [4.78, 5) is 1.43. The van der Waals surface area contributed by atoms with Crippen LogP contribution in [0.5, 0.6) is 0 Å². The van der Waals surface area contributed by atoms with E-state index < -0.39 is 0 Å². The molecule has 1 aromatic carbocycles. The highest BCUT2D eigenvalue weighted by molar-refractivity contribution is 7.99. The highest BCUT2D eigenvalue weighted by Crippen LogP contribution is 2.22. The monoisotopic (exact) mass is 237 g/mol. The summed E-state index contributed by atoms with van der Waals surface area (Å²) in [7, 11) is 0. The van der Waals surface area contributed by atoms with Crippen LogP contribution in [-0.4, -0.2) is 18.8 Å². The molecule has 1 N–H and O–H groups in total. The van der Waals surface area contributed by atoms with E-state index in [-0.39, 0.29) is 0 Å². The zero-order valence-electron chi connectivity index (χ0n) is 10.7. The Labute approximate surface area is 104 Å². The number of unbranched alkanes of at least 4 members (excludes halogenated alkanes) is 1. The summed E-state index contributed by atoms with van der Waals surface area (Å²) < 4.78 is 0. The van der Waals surface area contributed by atoms with Crippen LogP contribution >= 0.6 is 11.8 Å². The fourth-order valence-electron chi connectivity index (χ4n) is 1.52. The standard InChI is InChI=1S/C14H23NS/c1-4-5-8-15-9-10-16-14-11-12(2)6-7-13(14)3/h6-7,11,15H,4-5,8-10H2,1-3H3. The molecular formula is C14H23NS. The van der Waals surface area contributed by atoms with Crippen molar-refractivity contribution in [3.63, 3.8) is 0 Å². The number of hydrogen-bond acceptors (Lipinski definition) is 2. The Morgan fingerprint density at radius 2 is 2.00 bits per heavy atom. The minimum atomic E-state index is 1.11. The third kappa shape index (κ3) is 5.04. The Morgan fingerprint density at radius 1 is 1.19 bits per heavy atom. The second kappa shape index (κ2) is 7.75. The molecule has 0 aromatic heterocycles. The molecule has 90 valence electrons. The number of thioether (sulfide) groups is 1. The molecule has 1 rings (SSSR count). The first-order chi connectivity index (χ1) is 7.74. The van der Waals surface area contributed by atoms with Crippen molar-refractivity contribution in [2.24, 2.45) is 0 Å². The molecule has 0 radical (unpaired) electrons. The summed E-state index contributed by atoms with van der Waals surface area (Å²) in [5, 5.41) is 3.47. The van der Waals surface area contributed by atoms with Gasteiger partial charge in [0.2, 0.25) is 0 Å². The van der Waals surface area contributed by atoms with Crippen molar-refractivity contribution >= 4 is 11.8 Å². The number of benzene rings is 1. The van der Waals surface area contributed by atoms with Crippen molar-refractivity contribution < 1.29 is 0 Å². The van der Waals surface area contributed by atoms with Crippen LogP contribution in [-0.2, 0) is 0 Å². The van der Waals surface area contributed by atoms with E-state index >= 15 is 0 Å². The molecule has 0 atom stereocenters. The first-order valence-corrected chi connectivity index (χ1v) is 7.13. The zero-order valence-corrected chi connectivity index (χ0v) is 11.5. The topological polar surface area (TPSA) is 12.0 Å². The van der Waals surface area contributed by atoms with Gasteiger partial charge < -0.3 is 5.32 Å². The normalized spacial score (nSPS) is 10.7. The SMILES string of the molecule is CCCCNCCSc1cc(C)ccc1C. The van der Waals surface area contributed by atoms with Crippen molar-refractivity contribution in [1.82, 2.24) is 5.32 Å². The van der Waals surface area contributed by atoms with Crippen LogP contribution in [0.2, 0.25) is 0 Å². The smallest absolute Gasteiger partial charge is 0.0106 e. The second-order valence-electron chi connectivity index (χ2n) is 4.22. The Morgan fingerprint density at radius 3 is 2.75 bits per heavy atom. The molecule has 0 aliphatic carbocycles. The van der Waals surface area contributed by atoms with Gasteiger partial charge in [-0.15, -0.1) is 11.8 Å². The lowest BCUT2D eigenvalue weighted by Crippen LogP contribution is -2.18. The summed E-state index contributed by atoms with van der Waals surface area (Å²) in [6, 6.07) is 6.67. The summed E-state index contributed by atoms with van der Waals surface area (Å²) in [5.41, 5.74) is 2.75. The molecule has 2 heteroatoms. The van der Waals surface area contributed by atoms with Crippen molar-refractivity contribution in [2.45, 2.75) is 38.5 Å². The highest BCUT2D eigenvalue weighted by Gasteiger charge is 1.98. The van der Waals surface area contributed by atoms with Crippen LogP contribution in [0.3, 0.4) is 0 Å². The van der Waals surface area contributed by atoms with Gasteiger partial charge in [-0.3, -0.25) is 0 Å². The van der Waals surface area contributed by atoms with E-state index in [4.69, 9.17) is 0 Å². The lowest BCUT2D eigenvalue weighted by atomic mass is 10.2. The minimum absolute atomic E-state index is 1.11. The van der Waals surface area contributed by atoms with E-state index in [0.29, 0.717) is 0 Å². The van der Waals surface area contributed by atoms with Gasteiger partial charge in [0.25, 0.3) is 0 Å². The molecule has 0 aliphatic heterocycles. The van der Waals surface area contributed by atoms with Gasteiger partial charge in [0, 0.05) is 17.2 Å². The van der Waals surface area contributed by atoms with Gasteiger partial charge in [-0.2, -0.15) is 0 Å². The number of rotatable bonds is 7. The van der Waals surface area contributed by atoms with Crippen molar-refractivity contribution in [1.29, 1.82) is 0 Å². The van der Waals surface area contributed by atoms with Gasteiger partial charge >= 0.3 is 0 Å². The predicted molar refractivity (Wildman–Crippen MR) is 74.4 cm³/mol. The number of aryl methyl sites for hydroxylation is 2. The number of nitrogens with one attached hydrogen (secondary N) is 1. The van der Waals surface area contributed by atoms with Gasteiger partial charge in [-0.25, -0.2) is 0 Å². The average Bonchev–Trinajstić information content (AvgIpc) is 2.28. The molecule has 0 amide bonds. The van der Waals surface area contributed by atoms with Crippen LogP contribution in [0.4, 0.5) is 0 Å². The lowest BCUT2D eigenvalue weighted by molar-refractivity contribution is 0.666. The first kappa shape index (κ1) is 13.6. The van der Waals surface area contributed by atoms with Crippen LogP contribution < -0.4 is 5.32 Å². The summed E-state index contributed by atoms with van der Waals surface area (Å²) in [6.45, 7) is 8.84. The maximum Gasteiger partial charge on any atom is 0.0106 e. The van der Waals surface area contributed by atoms with E-state index in [1.54, 1.807) is 0 Å². The van der Waals surface area contributed by atoms with Crippen LogP contribution in [0, 0.1) is 13.8 Å². The maximum absolute atomic E-state index is 3.47. The van der Waals surface area contributed by atoms with Crippen molar-refractivity contribution in [3.8, 4) is 0 Å².